The highest BCUT2D eigenvalue weighted by Crippen LogP contribution is 2.29. The van der Waals surface area contributed by atoms with Crippen molar-refractivity contribution in [3.63, 3.8) is 0 Å². The number of aromatic amines is 1. The van der Waals surface area contributed by atoms with Crippen LogP contribution < -0.4 is 5.69 Å². The van der Waals surface area contributed by atoms with E-state index in [1.807, 2.05) is 15.9 Å². The highest BCUT2D eigenvalue weighted by molar-refractivity contribution is 7.10. The van der Waals surface area contributed by atoms with Gasteiger partial charge in [-0.15, -0.1) is 11.3 Å². The Morgan fingerprint density at radius 2 is 1.73 bits per heavy atom. The van der Waals surface area contributed by atoms with E-state index in [2.05, 4.69) is 58.3 Å². The van der Waals surface area contributed by atoms with E-state index in [1.165, 1.54) is 41.9 Å². The molecule has 3 aromatic rings. The maximum atomic E-state index is 12.6. The van der Waals surface area contributed by atoms with Gasteiger partial charge >= 0.3 is 5.69 Å². The number of thiophene rings is 1. The Balaban J connectivity index is 1.18. The van der Waals surface area contributed by atoms with Crippen LogP contribution in [-0.4, -0.2) is 51.6 Å². The topological polar surface area (TPSA) is 44.3 Å². The summed E-state index contributed by atoms with van der Waals surface area (Å²) >= 11 is 1.89. The zero-order valence-corrected chi connectivity index (χ0v) is 18.9. The zero-order chi connectivity index (χ0) is 20.7. The van der Waals surface area contributed by atoms with Crippen LogP contribution >= 0.6 is 11.3 Å². The molecule has 30 heavy (non-hydrogen) atoms. The van der Waals surface area contributed by atoms with Gasteiger partial charge in [0.1, 0.15) is 0 Å². The number of nitrogens with zero attached hydrogens (tertiary/aromatic N) is 3. The highest BCUT2D eigenvalue weighted by atomic mass is 32.1. The third-order valence-electron chi connectivity index (χ3n) is 7.15. The van der Waals surface area contributed by atoms with E-state index < -0.39 is 0 Å². The van der Waals surface area contributed by atoms with E-state index in [0.717, 1.165) is 43.5 Å². The fourth-order valence-corrected chi connectivity index (χ4v) is 6.28. The summed E-state index contributed by atoms with van der Waals surface area (Å²) in [6, 6.07) is 9.53. The maximum absolute atomic E-state index is 12.6. The van der Waals surface area contributed by atoms with Gasteiger partial charge in [-0.1, -0.05) is 6.07 Å². The molecule has 2 aliphatic rings. The SMILES string of the molecule is Cc1ccc2c(c1)[nH]c(=O)n2C1CCN(C2CCN(Cc3sccc3C)CC2)CC1. The first-order chi connectivity index (χ1) is 14.6. The standard InChI is InChI=1S/C24H32N4OS/c1-17-3-4-22-21(15-17)25-24(29)28(22)20-7-12-27(13-8-20)19-5-10-26(11-6-19)16-23-18(2)9-14-30-23/h3-4,9,14-15,19-20H,5-8,10-13,16H2,1-2H3,(H,25,29). The lowest BCUT2D eigenvalue weighted by Gasteiger charge is -2.42. The Kier molecular flexibility index (Phi) is 5.56. The Labute approximate surface area is 182 Å². The van der Waals surface area contributed by atoms with Crippen LogP contribution in [0.5, 0.6) is 0 Å². The summed E-state index contributed by atoms with van der Waals surface area (Å²) in [7, 11) is 0. The third-order valence-corrected chi connectivity index (χ3v) is 8.15. The van der Waals surface area contributed by atoms with Crippen LogP contribution in [0.4, 0.5) is 0 Å². The van der Waals surface area contributed by atoms with Crippen LogP contribution in [-0.2, 0) is 6.54 Å². The van der Waals surface area contributed by atoms with Crippen LogP contribution in [0.25, 0.3) is 11.0 Å². The van der Waals surface area contributed by atoms with Gasteiger partial charge in [0.05, 0.1) is 11.0 Å². The van der Waals surface area contributed by atoms with E-state index in [9.17, 15) is 4.79 Å². The number of nitrogens with one attached hydrogen (secondary N) is 1. The Morgan fingerprint density at radius 1 is 1.00 bits per heavy atom. The molecule has 0 amide bonds. The largest absolute Gasteiger partial charge is 0.326 e. The Bertz CT molecular complexity index is 1060. The van der Waals surface area contributed by atoms with Gasteiger partial charge in [0.15, 0.2) is 0 Å². The number of fused-ring (bicyclic) bond motifs is 1. The van der Waals surface area contributed by atoms with E-state index in [0.29, 0.717) is 12.1 Å². The molecule has 0 saturated carbocycles. The number of hydrogen-bond acceptors (Lipinski definition) is 4. The fourth-order valence-electron chi connectivity index (χ4n) is 5.33. The number of aromatic nitrogens is 2. The molecule has 160 valence electrons. The van der Waals surface area contributed by atoms with Crippen molar-refractivity contribution in [2.75, 3.05) is 26.2 Å². The third kappa shape index (κ3) is 3.88. The van der Waals surface area contributed by atoms with Crippen molar-refractivity contribution >= 4 is 22.4 Å². The molecule has 4 heterocycles. The second-order valence-electron chi connectivity index (χ2n) is 9.12. The first-order valence-electron chi connectivity index (χ1n) is 11.3. The van der Waals surface area contributed by atoms with E-state index in [1.54, 1.807) is 0 Å². The molecule has 0 bridgehead atoms. The molecule has 1 aromatic carbocycles. The molecule has 0 unspecified atom stereocenters. The van der Waals surface area contributed by atoms with Gasteiger partial charge in [-0.05, 0) is 74.2 Å². The summed E-state index contributed by atoms with van der Waals surface area (Å²) in [5.41, 5.74) is 4.70. The van der Waals surface area contributed by atoms with Gasteiger partial charge in [0, 0.05) is 49.7 Å². The monoisotopic (exact) mass is 424 g/mol. The van der Waals surface area contributed by atoms with Crippen LogP contribution in [0.3, 0.4) is 0 Å². The predicted molar refractivity (Wildman–Crippen MR) is 124 cm³/mol. The lowest BCUT2D eigenvalue weighted by molar-refractivity contribution is 0.0772. The number of H-pyrrole nitrogens is 1. The maximum Gasteiger partial charge on any atom is 0.326 e. The minimum absolute atomic E-state index is 0.0474. The lowest BCUT2D eigenvalue weighted by atomic mass is 9.97. The van der Waals surface area contributed by atoms with Crippen molar-refractivity contribution in [3.8, 4) is 0 Å². The number of hydrogen-bond donors (Lipinski definition) is 1. The molecule has 6 heteroatoms. The predicted octanol–water partition coefficient (Wildman–Crippen LogP) is 4.31. The second kappa shape index (κ2) is 8.33. The second-order valence-corrected chi connectivity index (χ2v) is 10.1. The van der Waals surface area contributed by atoms with E-state index in [4.69, 9.17) is 0 Å². The van der Waals surface area contributed by atoms with Crippen molar-refractivity contribution in [3.05, 3.63) is 56.1 Å². The normalized spacial score (nSPS) is 20.3. The average molecular weight is 425 g/mol. The summed E-state index contributed by atoms with van der Waals surface area (Å²) in [4.78, 5) is 22.5. The molecule has 1 N–H and O–H groups in total. The van der Waals surface area contributed by atoms with Gasteiger partial charge in [-0.25, -0.2) is 4.79 Å². The summed E-state index contributed by atoms with van der Waals surface area (Å²) in [6.07, 6.45) is 4.66. The Hall–Kier alpha value is -1.89. The van der Waals surface area contributed by atoms with Crippen molar-refractivity contribution in [1.29, 1.82) is 0 Å². The van der Waals surface area contributed by atoms with Crippen LogP contribution in [0.15, 0.2) is 34.4 Å². The van der Waals surface area contributed by atoms with Crippen molar-refractivity contribution in [2.24, 2.45) is 0 Å². The smallest absolute Gasteiger partial charge is 0.306 e. The summed E-state index contributed by atoms with van der Waals surface area (Å²) in [6.45, 7) is 10.0. The molecular formula is C24H32N4OS. The number of benzene rings is 1. The molecule has 2 aliphatic heterocycles. The number of piperidine rings is 2. The minimum Gasteiger partial charge on any atom is -0.306 e. The molecule has 0 radical (unpaired) electrons. The lowest BCUT2D eigenvalue weighted by Crippen LogP contribution is -2.48. The summed E-state index contributed by atoms with van der Waals surface area (Å²) < 4.78 is 2.01. The number of aryl methyl sites for hydroxylation is 2. The molecule has 2 aromatic heterocycles. The molecule has 5 nitrogen and oxygen atoms in total. The van der Waals surface area contributed by atoms with Gasteiger partial charge in [0.2, 0.25) is 0 Å². The first kappa shape index (κ1) is 20.0. The summed E-state index contributed by atoms with van der Waals surface area (Å²) in [5.74, 6) is 0. The van der Waals surface area contributed by atoms with Gasteiger partial charge < -0.3 is 9.88 Å². The molecule has 5 rings (SSSR count). The van der Waals surface area contributed by atoms with Crippen molar-refractivity contribution in [1.82, 2.24) is 19.4 Å². The van der Waals surface area contributed by atoms with E-state index >= 15 is 0 Å². The van der Waals surface area contributed by atoms with Crippen LogP contribution in [0.2, 0.25) is 0 Å². The van der Waals surface area contributed by atoms with Gasteiger partial charge in [-0.3, -0.25) is 9.47 Å². The van der Waals surface area contributed by atoms with Gasteiger partial charge in [-0.2, -0.15) is 0 Å². The molecule has 0 spiro atoms. The minimum atomic E-state index is 0.0474. The average Bonchev–Trinajstić information content (AvgIpc) is 3.30. The van der Waals surface area contributed by atoms with Crippen molar-refractivity contribution in [2.45, 2.75) is 58.2 Å². The number of imidazole rings is 1. The molecule has 2 saturated heterocycles. The quantitative estimate of drug-likeness (QED) is 0.679. The zero-order valence-electron chi connectivity index (χ0n) is 18.1. The fraction of sp³-hybridized carbons (Fsp3) is 0.542. The molecule has 0 aliphatic carbocycles. The molecule has 0 atom stereocenters. The van der Waals surface area contributed by atoms with Crippen molar-refractivity contribution < 1.29 is 0 Å². The number of rotatable bonds is 4. The van der Waals surface area contributed by atoms with Gasteiger partial charge in [0.25, 0.3) is 0 Å². The van der Waals surface area contributed by atoms with Crippen LogP contribution in [0, 0.1) is 13.8 Å². The number of likely N-dealkylation sites (tertiary alicyclic amines) is 2. The molecular weight excluding hydrogens is 392 g/mol. The summed E-state index contributed by atoms with van der Waals surface area (Å²) in [5, 5.41) is 2.21. The van der Waals surface area contributed by atoms with E-state index in [-0.39, 0.29) is 5.69 Å². The Morgan fingerprint density at radius 3 is 2.43 bits per heavy atom. The highest BCUT2D eigenvalue weighted by Gasteiger charge is 2.30. The van der Waals surface area contributed by atoms with Crippen LogP contribution in [0.1, 0.15) is 47.7 Å². The first-order valence-corrected chi connectivity index (χ1v) is 12.2. The molecule has 2 fully saturated rings.